The van der Waals surface area contributed by atoms with Crippen LogP contribution in [-0.2, 0) is 9.59 Å². The summed E-state index contributed by atoms with van der Waals surface area (Å²) >= 11 is 2.22. The topological polar surface area (TPSA) is 54.0 Å². The number of carbonyl (C=O) groups is 2. The van der Waals surface area contributed by atoms with Crippen LogP contribution in [0.15, 0.2) is 24.3 Å². The van der Waals surface area contributed by atoms with Gasteiger partial charge in [0.25, 0.3) is 5.91 Å². The molecular weight excluding hydrogens is 379 g/mol. The van der Waals surface area contributed by atoms with Crippen molar-refractivity contribution in [2.45, 2.75) is 50.6 Å². The van der Waals surface area contributed by atoms with Gasteiger partial charge in [0, 0.05) is 3.57 Å². The van der Waals surface area contributed by atoms with Crippen molar-refractivity contribution in [2.24, 2.45) is 0 Å². The van der Waals surface area contributed by atoms with Crippen molar-refractivity contribution in [2.75, 3.05) is 4.90 Å². The SMILES string of the molecule is O=C1CC([NH2+]C2CCCCC2)C(=O)N1c1ccc(I)cc1. The highest BCUT2D eigenvalue weighted by Crippen LogP contribution is 2.23. The summed E-state index contributed by atoms with van der Waals surface area (Å²) in [6, 6.07) is 7.83. The fourth-order valence-corrected chi connectivity index (χ4v) is 3.68. The minimum absolute atomic E-state index is 0.0493. The smallest absolute Gasteiger partial charge is 0.292 e. The van der Waals surface area contributed by atoms with Gasteiger partial charge in [-0.3, -0.25) is 9.59 Å². The van der Waals surface area contributed by atoms with E-state index in [4.69, 9.17) is 0 Å². The molecule has 1 saturated carbocycles. The molecule has 1 aliphatic heterocycles. The van der Waals surface area contributed by atoms with Gasteiger partial charge in [-0.2, -0.15) is 0 Å². The summed E-state index contributed by atoms with van der Waals surface area (Å²) < 4.78 is 1.10. The molecule has 1 aliphatic carbocycles. The number of imide groups is 1. The average Bonchev–Trinajstić information content (AvgIpc) is 2.76. The number of amides is 2. The van der Waals surface area contributed by atoms with Crippen LogP contribution in [0.5, 0.6) is 0 Å². The summed E-state index contributed by atoms with van der Waals surface area (Å²) in [7, 11) is 0. The van der Waals surface area contributed by atoms with E-state index in [1.165, 1.54) is 37.0 Å². The lowest BCUT2D eigenvalue weighted by Crippen LogP contribution is -2.96. The van der Waals surface area contributed by atoms with Crippen LogP contribution in [0.2, 0.25) is 0 Å². The lowest BCUT2D eigenvalue weighted by molar-refractivity contribution is -0.710. The Morgan fingerprint density at radius 3 is 2.38 bits per heavy atom. The zero-order valence-corrected chi connectivity index (χ0v) is 14.1. The Morgan fingerprint density at radius 1 is 1.05 bits per heavy atom. The number of quaternary nitrogens is 1. The van der Waals surface area contributed by atoms with Crippen molar-refractivity contribution in [1.82, 2.24) is 0 Å². The number of halogens is 1. The highest BCUT2D eigenvalue weighted by atomic mass is 127. The van der Waals surface area contributed by atoms with Gasteiger partial charge in [0.05, 0.1) is 18.2 Å². The standard InChI is InChI=1S/C16H19IN2O2/c17-11-6-8-13(9-7-11)19-15(20)10-14(16(19)21)18-12-4-2-1-3-5-12/h6-9,12,14,18H,1-5,10H2/p+1. The molecule has 2 N–H and O–H groups in total. The van der Waals surface area contributed by atoms with E-state index in [0.717, 1.165) is 3.57 Å². The van der Waals surface area contributed by atoms with Crippen LogP contribution in [0.3, 0.4) is 0 Å². The van der Waals surface area contributed by atoms with Crippen LogP contribution in [0.25, 0.3) is 0 Å². The van der Waals surface area contributed by atoms with Crippen molar-refractivity contribution in [3.05, 3.63) is 27.8 Å². The van der Waals surface area contributed by atoms with E-state index in [9.17, 15) is 9.59 Å². The summed E-state index contributed by atoms with van der Waals surface area (Å²) in [5.41, 5.74) is 0.699. The maximum Gasteiger partial charge on any atom is 0.292 e. The van der Waals surface area contributed by atoms with Crippen LogP contribution in [0, 0.1) is 3.57 Å². The van der Waals surface area contributed by atoms with Gasteiger partial charge >= 0.3 is 0 Å². The lowest BCUT2D eigenvalue weighted by Gasteiger charge is -2.22. The second-order valence-corrected chi connectivity index (χ2v) is 7.19. The van der Waals surface area contributed by atoms with Crippen LogP contribution >= 0.6 is 22.6 Å². The molecule has 112 valence electrons. The number of nitrogens with two attached hydrogens (primary N) is 1. The number of rotatable bonds is 3. The molecule has 5 heteroatoms. The fraction of sp³-hybridized carbons (Fsp3) is 0.500. The molecule has 1 heterocycles. The van der Waals surface area contributed by atoms with Gasteiger partial charge in [0.1, 0.15) is 0 Å². The summed E-state index contributed by atoms with van der Waals surface area (Å²) in [6.45, 7) is 0. The Morgan fingerprint density at radius 2 is 1.71 bits per heavy atom. The van der Waals surface area contributed by atoms with E-state index in [-0.39, 0.29) is 17.9 Å². The first-order valence-electron chi connectivity index (χ1n) is 7.62. The molecular formula is C16H20IN2O2+. The van der Waals surface area contributed by atoms with Crippen molar-refractivity contribution >= 4 is 40.1 Å². The zero-order valence-electron chi connectivity index (χ0n) is 11.9. The van der Waals surface area contributed by atoms with Crippen LogP contribution in [-0.4, -0.2) is 23.9 Å². The van der Waals surface area contributed by atoms with Gasteiger partial charge in [-0.1, -0.05) is 6.42 Å². The largest absolute Gasteiger partial charge is 0.333 e. The number of hydrogen-bond acceptors (Lipinski definition) is 2. The Balaban J connectivity index is 1.71. The molecule has 2 amide bonds. The maximum absolute atomic E-state index is 12.5. The minimum atomic E-state index is -0.222. The van der Waals surface area contributed by atoms with E-state index in [1.54, 1.807) is 0 Å². The Kier molecular flexibility index (Phi) is 4.59. The molecule has 2 aliphatic rings. The maximum atomic E-state index is 12.5. The second kappa shape index (κ2) is 6.44. The third-order valence-corrected chi connectivity index (χ3v) is 5.14. The molecule has 1 aromatic carbocycles. The first kappa shape index (κ1) is 15.0. The molecule has 0 aromatic heterocycles. The van der Waals surface area contributed by atoms with E-state index >= 15 is 0 Å². The molecule has 2 fully saturated rings. The fourth-order valence-electron chi connectivity index (χ4n) is 3.32. The molecule has 1 unspecified atom stereocenters. The molecule has 1 atom stereocenters. The first-order chi connectivity index (χ1) is 10.1. The lowest BCUT2D eigenvalue weighted by atomic mass is 9.95. The second-order valence-electron chi connectivity index (χ2n) is 5.94. The predicted molar refractivity (Wildman–Crippen MR) is 88.9 cm³/mol. The van der Waals surface area contributed by atoms with Crippen LogP contribution < -0.4 is 10.2 Å². The van der Waals surface area contributed by atoms with E-state index < -0.39 is 0 Å². The van der Waals surface area contributed by atoms with Crippen LogP contribution in [0.1, 0.15) is 38.5 Å². The summed E-state index contributed by atoms with van der Waals surface area (Å²) in [6.07, 6.45) is 6.47. The van der Waals surface area contributed by atoms with Gasteiger partial charge in [-0.15, -0.1) is 0 Å². The van der Waals surface area contributed by atoms with E-state index in [0.29, 0.717) is 18.2 Å². The van der Waals surface area contributed by atoms with Gasteiger partial charge in [-0.25, -0.2) is 4.90 Å². The Bertz CT molecular complexity index is 538. The quantitative estimate of drug-likeness (QED) is 0.623. The number of carbonyl (C=O) groups excluding carboxylic acids is 2. The molecule has 3 rings (SSSR count). The number of benzene rings is 1. The normalized spacial score (nSPS) is 23.9. The molecule has 1 aromatic rings. The first-order valence-corrected chi connectivity index (χ1v) is 8.70. The summed E-state index contributed by atoms with van der Waals surface area (Å²) in [4.78, 5) is 26.1. The Labute approximate surface area is 138 Å². The highest BCUT2D eigenvalue weighted by Gasteiger charge is 2.43. The van der Waals surface area contributed by atoms with Gasteiger partial charge in [0.15, 0.2) is 6.04 Å². The third-order valence-electron chi connectivity index (χ3n) is 4.42. The number of anilines is 1. The monoisotopic (exact) mass is 399 g/mol. The summed E-state index contributed by atoms with van der Waals surface area (Å²) in [5.74, 6) is -0.120. The summed E-state index contributed by atoms with van der Waals surface area (Å²) in [5, 5.41) is 2.14. The van der Waals surface area contributed by atoms with Gasteiger partial charge in [-0.05, 0) is 72.5 Å². The zero-order chi connectivity index (χ0) is 14.8. The highest BCUT2D eigenvalue weighted by molar-refractivity contribution is 14.1. The third kappa shape index (κ3) is 3.29. The average molecular weight is 399 g/mol. The van der Waals surface area contributed by atoms with Gasteiger partial charge < -0.3 is 5.32 Å². The molecule has 1 saturated heterocycles. The van der Waals surface area contributed by atoms with Crippen LogP contribution in [0.4, 0.5) is 5.69 Å². The molecule has 0 spiro atoms. The van der Waals surface area contributed by atoms with Crippen molar-refractivity contribution in [1.29, 1.82) is 0 Å². The van der Waals surface area contributed by atoms with E-state index in [1.807, 2.05) is 24.3 Å². The van der Waals surface area contributed by atoms with Crippen molar-refractivity contribution < 1.29 is 14.9 Å². The minimum Gasteiger partial charge on any atom is -0.333 e. The predicted octanol–water partition coefficient (Wildman–Crippen LogP) is 1.82. The van der Waals surface area contributed by atoms with Gasteiger partial charge in [0.2, 0.25) is 5.91 Å². The van der Waals surface area contributed by atoms with Crippen molar-refractivity contribution in [3.8, 4) is 0 Å². The van der Waals surface area contributed by atoms with E-state index in [2.05, 4.69) is 27.9 Å². The molecule has 21 heavy (non-hydrogen) atoms. The van der Waals surface area contributed by atoms with Crippen molar-refractivity contribution in [3.63, 3.8) is 0 Å². The Hall–Kier alpha value is -0.950. The molecule has 0 bridgehead atoms. The number of hydrogen-bond donors (Lipinski definition) is 1. The number of nitrogens with zero attached hydrogens (tertiary/aromatic N) is 1. The molecule has 0 radical (unpaired) electrons. The molecule has 4 nitrogen and oxygen atoms in total.